The van der Waals surface area contributed by atoms with Crippen molar-refractivity contribution in [1.29, 1.82) is 0 Å². The van der Waals surface area contributed by atoms with Gasteiger partial charge in [-0.1, -0.05) is 0 Å². The van der Waals surface area contributed by atoms with Crippen LogP contribution in [0.4, 0.5) is 0 Å². The van der Waals surface area contributed by atoms with Crippen LogP contribution in [0.1, 0.15) is 13.8 Å². The van der Waals surface area contributed by atoms with Gasteiger partial charge in [-0.2, -0.15) is 8.42 Å². The molecule has 0 aromatic heterocycles. The highest BCUT2D eigenvalue weighted by atomic mass is 32.3. The molecule has 7 nitrogen and oxygen atoms in total. The van der Waals surface area contributed by atoms with E-state index in [1.807, 2.05) is 13.8 Å². The fourth-order valence-electron chi connectivity index (χ4n) is 0.298. The van der Waals surface area contributed by atoms with E-state index in [1.54, 1.807) is 0 Å². The van der Waals surface area contributed by atoms with Crippen molar-refractivity contribution in [3.8, 4) is 0 Å². The minimum Gasteiger partial charge on any atom is -0.370 e. The van der Waals surface area contributed by atoms with Gasteiger partial charge in [-0.15, -0.1) is 0 Å². The molecular weight excluding hydrogens is 186 g/mol. The lowest BCUT2D eigenvalue weighted by molar-refractivity contribution is 0.381. The minimum absolute atomic E-state index is 0.162. The van der Waals surface area contributed by atoms with E-state index in [4.69, 9.17) is 29.0 Å². The van der Waals surface area contributed by atoms with Crippen LogP contribution in [0.25, 0.3) is 0 Å². The lowest BCUT2D eigenvalue weighted by Crippen LogP contribution is -2.24. The number of guanidine groups is 1. The van der Waals surface area contributed by atoms with Crippen LogP contribution < -0.4 is 11.5 Å². The summed E-state index contributed by atoms with van der Waals surface area (Å²) in [5.41, 5.74) is 10.0. The van der Waals surface area contributed by atoms with Crippen molar-refractivity contribution in [3.05, 3.63) is 0 Å². The molecule has 0 heterocycles. The van der Waals surface area contributed by atoms with Gasteiger partial charge in [0.2, 0.25) is 0 Å². The van der Waals surface area contributed by atoms with Crippen molar-refractivity contribution in [2.75, 3.05) is 0 Å². The largest absolute Gasteiger partial charge is 0.394 e. The van der Waals surface area contributed by atoms with E-state index in [-0.39, 0.29) is 12.0 Å². The predicted molar refractivity (Wildman–Crippen MR) is 45.1 cm³/mol. The fraction of sp³-hybridized carbons (Fsp3) is 0.750. The first-order valence-electron chi connectivity index (χ1n) is 2.91. The van der Waals surface area contributed by atoms with Crippen molar-refractivity contribution < 1.29 is 17.5 Å². The normalized spacial score (nSPS) is 10.1. The third-order valence-corrected chi connectivity index (χ3v) is 0.407. The minimum atomic E-state index is -4.67. The first kappa shape index (κ1) is 13.7. The van der Waals surface area contributed by atoms with Crippen LogP contribution in [-0.2, 0) is 10.4 Å². The van der Waals surface area contributed by atoms with E-state index in [2.05, 4.69) is 4.99 Å². The van der Waals surface area contributed by atoms with Crippen LogP contribution in [-0.4, -0.2) is 29.5 Å². The molecule has 12 heavy (non-hydrogen) atoms. The number of nitrogens with zero attached hydrogens (tertiary/aromatic N) is 1. The van der Waals surface area contributed by atoms with Gasteiger partial charge in [-0.3, -0.25) is 14.1 Å². The SMILES string of the molecule is CC(C)N=C(N)N.O=S(=O)(O)O. The van der Waals surface area contributed by atoms with Crippen molar-refractivity contribution in [3.63, 3.8) is 0 Å². The fourth-order valence-corrected chi connectivity index (χ4v) is 0.298. The molecule has 0 aliphatic heterocycles. The summed E-state index contributed by atoms with van der Waals surface area (Å²) in [5, 5.41) is 0. The molecule has 0 bridgehead atoms. The Balaban J connectivity index is 0. The molecule has 0 atom stereocenters. The summed E-state index contributed by atoms with van der Waals surface area (Å²) >= 11 is 0. The average molecular weight is 199 g/mol. The highest BCUT2D eigenvalue weighted by Crippen LogP contribution is 1.80. The van der Waals surface area contributed by atoms with E-state index in [0.29, 0.717) is 0 Å². The Hall–Kier alpha value is -0.860. The average Bonchev–Trinajstić information content (AvgIpc) is 1.52. The number of nitrogens with two attached hydrogens (primary N) is 2. The first-order chi connectivity index (χ1) is 5.13. The molecule has 0 unspecified atom stereocenters. The molecule has 0 fully saturated rings. The molecule has 0 amide bonds. The molecule has 0 spiro atoms. The summed E-state index contributed by atoms with van der Waals surface area (Å²) in [5.74, 6) is 0.162. The summed E-state index contributed by atoms with van der Waals surface area (Å²) in [4.78, 5) is 3.75. The van der Waals surface area contributed by atoms with E-state index in [1.165, 1.54) is 0 Å². The van der Waals surface area contributed by atoms with Gasteiger partial charge in [0.1, 0.15) is 0 Å². The topological polar surface area (TPSA) is 139 Å². The highest BCUT2D eigenvalue weighted by Gasteiger charge is 1.84. The second-order valence-electron chi connectivity index (χ2n) is 2.10. The number of hydrogen-bond acceptors (Lipinski definition) is 3. The zero-order valence-electron chi connectivity index (χ0n) is 6.80. The number of hydrogen-bond donors (Lipinski definition) is 4. The van der Waals surface area contributed by atoms with E-state index in [9.17, 15) is 0 Å². The standard InChI is InChI=1S/C4H11N3.H2O4S/c1-3(2)7-4(5)6;1-5(2,3)4/h3H,1-2H3,(H4,5,6,7);(H2,1,2,3,4). The molecule has 0 rings (SSSR count). The summed E-state index contributed by atoms with van der Waals surface area (Å²) in [6.07, 6.45) is 0. The van der Waals surface area contributed by atoms with Crippen LogP contribution in [0.5, 0.6) is 0 Å². The van der Waals surface area contributed by atoms with E-state index >= 15 is 0 Å². The van der Waals surface area contributed by atoms with Crippen molar-refractivity contribution >= 4 is 16.4 Å². The van der Waals surface area contributed by atoms with Crippen LogP contribution in [0.3, 0.4) is 0 Å². The summed E-state index contributed by atoms with van der Waals surface area (Å²) in [6.45, 7) is 3.83. The summed E-state index contributed by atoms with van der Waals surface area (Å²) < 4.78 is 31.6. The third kappa shape index (κ3) is 61.4. The Labute approximate surface area is 71.0 Å². The second-order valence-corrected chi connectivity index (χ2v) is 2.99. The Bertz CT molecular complexity index is 221. The maximum absolute atomic E-state index is 8.74. The quantitative estimate of drug-likeness (QED) is 0.243. The molecule has 0 saturated heterocycles. The molecule has 6 N–H and O–H groups in total. The van der Waals surface area contributed by atoms with Gasteiger partial charge in [0.05, 0.1) is 0 Å². The summed E-state index contributed by atoms with van der Waals surface area (Å²) in [6, 6.07) is 0.213. The van der Waals surface area contributed by atoms with Crippen molar-refractivity contribution in [2.24, 2.45) is 16.5 Å². The maximum Gasteiger partial charge on any atom is 0.394 e. The number of rotatable bonds is 1. The smallest absolute Gasteiger partial charge is 0.370 e. The van der Waals surface area contributed by atoms with Crippen molar-refractivity contribution in [2.45, 2.75) is 19.9 Å². The van der Waals surface area contributed by atoms with Crippen LogP contribution in [0, 0.1) is 0 Å². The Morgan fingerprint density at radius 1 is 1.33 bits per heavy atom. The van der Waals surface area contributed by atoms with Gasteiger partial charge >= 0.3 is 10.4 Å². The monoisotopic (exact) mass is 199 g/mol. The van der Waals surface area contributed by atoms with Crippen LogP contribution >= 0.6 is 0 Å². The van der Waals surface area contributed by atoms with Gasteiger partial charge in [-0.05, 0) is 13.8 Å². The molecular formula is C4H13N3O4S. The van der Waals surface area contributed by atoms with Gasteiger partial charge in [0.25, 0.3) is 0 Å². The first-order valence-corrected chi connectivity index (χ1v) is 4.31. The molecule has 0 radical (unpaired) electrons. The van der Waals surface area contributed by atoms with E-state index < -0.39 is 10.4 Å². The molecule has 0 saturated carbocycles. The number of aliphatic imine (C=N–C) groups is 1. The lowest BCUT2D eigenvalue weighted by atomic mass is 10.4. The van der Waals surface area contributed by atoms with Crippen LogP contribution in [0.15, 0.2) is 4.99 Å². The zero-order chi connectivity index (χ0) is 10.4. The summed E-state index contributed by atoms with van der Waals surface area (Å²) in [7, 11) is -4.67. The molecule has 0 aliphatic rings. The maximum atomic E-state index is 8.74. The van der Waals surface area contributed by atoms with Crippen molar-refractivity contribution in [1.82, 2.24) is 0 Å². The molecule has 74 valence electrons. The molecule has 0 aliphatic carbocycles. The molecule has 8 heteroatoms. The Morgan fingerprint density at radius 2 is 1.58 bits per heavy atom. The van der Waals surface area contributed by atoms with Gasteiger partial charge < -0.3 is 11.5 Å². The van der Waals surface area contributed by atoms with E-state index in [0.717, 1.165) is 0 Å². The zero-order valence-corrected chi connectivity index (χ0v) is 7.61. The second kappa shape index (κ2) is 5.75. The Kier molecular flexibility index (Phi) is 6.57. The third-order valence-electron chi connectivity index (χ3n) is 0.407. The predicted octanol–water partition coefficient (Wildman–Crippen LogP) is -0.985. The van der Waals surface area contributed by atoms with Gasteiger partial charge in [0, 0.05) is 6.04 Å². The molecule has 0 aromatic carbocycles. The Morgan fingerprint density at radius 3 is 1.58 bits per heavy atom. The van der Waals surface area contributed by atoms with Gasteiger partial charge in [-0.25, -0.2) is 0 Å². The lowest BCUT2D eigenvalue weighted by Gasteiger charge is -1.93. The van der Waals surface area contributed by atoms with Crippen LogP contribution in [0.2, 0.25) is 0 Å². The highest BCUT2D eigenvalue weighted by molar-refractivity contribution is 7.79. The molecule has 0 aromatic rings. The van der Waals surface area contributed by atoms with Gasteiger partial charge in [0.15, 0.2) is 5.96 Å².